The predicted molar refractivity (Wildman–Crippen MR) is 82.4 cm³/mol. The van der Waals surface area contributed by atoms with Gasteiger partial charge in [0.25, 0.3) is 11.5 Å². The van der Waals surface area contributed by atoms with Crippen molar-refractivity contribution in [2.75, 3.05) is 6.61 Å². The number of nitrogen functional groups attached to an aromatic ring is 1. The topological polar surface area (TPSA) is 110 Å². The molecule has 0 aliphatic rings. The molecule has 22 heavy (non-hydrogen) atoms. The number of carbonyl (C=O) groups is 1. The van der Waals surface area contributed by atoms with Crippen molar-refractivity contribution in [1.29, 1.82) is 0 Å². The van der Waals surface area contributed by atoms with E-state index < -0.39 is 11.5 Å². The molecule has 0 spiro atoms. The van der Waals surface area contributed by atoms with Gasteiger partial charge in [-0.1, -0.05) is 25.5 Å². The molecule has 0 saturated heterocycles. The van der Waals surface area contributed by atoms with Crippen LogP contribution in [0.2, 0.25) is 0 Å². The first kappa shape index (κ1) is 15.7. The number of hydrazine groups is 1. The van der Waals surface area contributed by atoms with Crippen LogP contribution in [0.25, 0.3) is 11.3 Å². The van der Waals surface area contributed by atoms with Gasteiger partial charge < -0.3 is 4.74 Å². The Kier molecular flexibility index (Phi) is 5.26. The predicted octanol–water partition coefficient (Wildman–Crippen LogP) is 1.22. The summed E-state index contributed by atoms with van der Waals surface area (Å²) in [6, 6.07) is 8.69. The lowest BCUT2D eigenvalue weighted by atomic mass is 10.1. The summed E-state index contributed by atoms with van der Waals surface area (Å²) >= 11 is 0. The number of benzene rings is 1. The Morgan fingerprint density at radius 1 is 1.41 bits per heavy atom. The zero-order valence-corrected chi connectivity index (χ0v) is 12.3. The summed E-state index contributed by atoms with van der Waals surface area (Å²) < 4.78 is 5.63. The maximum Gasteiger partial charge on any atom is 0.277 e. The van der Waals surface area contributed by atoms with Crippen LogP contribution in [-0.4, -0.2) is 22.7 Å². The number of rotatable bonds is 6. The third-order valence-electron chi connectivity index (χ3n) is 3.08. The summed E-state index contributed by atoms with van der Waals surface area (Å²) in [5.74, 6) is 5.11. The number of H-pyrrole nitrogens is 1. The van der Waals surface area contributed by atoms with Crippen molar-refractivity contribution in [1.82, 2.24) is 15.6 Å². The van der Waals surface area contributed by atoms with Gasteiger partial charge in [-0.2, -0.15) is 5.10 Å². The molecule has 1 heterocycles. The van der Waals surface area contributed by atoms with E-state index in [4.69, 9.17) is 10.6 Å². The number of ether oxygens (including phenoxy) is 1. The molecular weight excluding hydrogens is 284 g/mol. The highest BCUT2D eigenvalue weighted by Crippen LogP contribution is 2.22. The second-order valence-electron chi connectivity index (χ2n) is 4.70. The molecule has 0 fully saturated rings. The summed E-state index contributed by atoms with van der Waals surface area (Å²) in [6.07, 6.45) is 2.03. The van der Waals surface area contributed by atoms with Gasteiger partial charge in [0, 0.05) is 5.56 Å². The molecule has 1 aromatic carbocycles. The lowest BCUT2D eigenvalue weighted by molar-refractivity contribution is 0.0952. The smallest absolute Gasteiger partial charge is 0.277 e. The number of unbranched alkanes of at least 4 members (excludes halogenated alkanes) is 1. The van der Waals surface area contributed by atoms with Crippen molar-refractivity contribution in [2.24, 2.45) is 5.84 Å². The van der Waals surface area contributed by atoms with E-state index in [1.165, 1.54) is 6.07 Å². The van der Waals surface area contributed by atoms with E-state index in [9.17, 15) is 9.59 Å². The second-order valence-corrected chi connectivity index (χ2v) is 4.70. The summed E-state index contributed by atoms with van der Waals surface area (Å²) in [5, 5.41) is 6.24. The Hall–Kier alpha value is -2.67. The Labute approximate surface area is 127 Å². The number of aromatic amines is 1. The monoisotopic (exact) mass is 302 g/mol. The molecule has 0 unspecified atom stereocenters. The lowest BCUT2D eigenvalue weighted by Crippen LogP contribution is -2.34. The number of hydrogen-bond donors (Lipinski definition) is 3. The van der Waals surface area contributed by atoms with Crippen LogP contribution in [0.1, 0.15) is 30.1 Å². The minimum Gasteiger partial charge on any atom is -0.494 e. The number of nitrogens with zero attached hydrogens (tertiary/aromatic N) is 1. The van der Waals surface area contributed by atoms with Crippen LogP contribution in [0.4, 0.5) is 0 Å². The van der Waals surface area contributed by atoms with E-state index in [2.05, 4.69) is 17.1 Å². The molecule has 1 aromatic heterocycles. The minimum absolute atomic E-state index is 0.0928. The largest absolute Gasteiger partial charge is 0.494 e. The van der Waals surface area contributed by atoms with Gasteiger partial charge in [-0.25, -0.2) is 10.9 Å². The van der Waals surface area contributed by atoms with Crippen molar-refractivity contribution in [3.05, 3.63) is 46.2 Å². The third kappa shape index (κ3) is 3.70. The van der Waals surface area contributed by atoms with Gasteiger partial charge in [0.2, 0.25) is 0 Å². The first-order valence-electron chi connectivity index (χ1n) is 6.99. The van der Waals surface area contributed by atoms with Gasteiger partial charge in [0.1, 0.15) is 11.3 Å². The Balaban J connectivity index is 2.30. The molecule has 0 aliphatic heterocycles. The quantitative estimate of drug-likeness (QED) is 0.321. The Bertz CT molecular complexity index is 712. The molecule has 0 radical (unpaired) electrons. The van der Waals surface area contributed by atoms with Crippen LogP contribution in [0.3, 0.4) is 0 Å². The van der Waals surface area contributed by atoms with Crippen molar-refractivity contribution in [2.45, 2.75) is 19.8 Å². The maximum absolute atomic E-state index is 11.6. The van der Waals surface area contributed by atoms with Gasteiger partial charge >= 0.3 is 0 Å². The fourth-order valence-corrected chi connectivity index (χ4v) is 1.88. The van der Waals surface area contributed by atoms with Crippen LogP contribution in [0.15, 0.2) is 35.1 Å². The summed E-state index contributed by atoms with van der Waals surface area (Å²) in [7, 11) is 0. The average molecular weight is 302 g/mol. The van der Waals surface area contributed by atoms with Gasteiger partial charge in [0.15, 0.2) is 0 Å². The van der Waals surface area contributed by atoms with Gasteiger partial charge in [-0.15, -0.1) is 0 Å². The van der Waals surface area contributed by atoms with E-state index in [1.807, 2.05) is 23.6 Å². The van der Waals surface area contributed by atoms with Gasteiger partial charge in [0.05, 0.1) is 12.3 Å². The summed E-state index contributed by atoms with van der Waals surface area (Å²) in [6.45, 7) is 2.73. The SMILES string of the molecule is CCCCOc1cccc(-c2cc(C(=O)NN)c(=O)[nH]n2)c1. The highest BCUT2D eigenvalue weighted by molar-refractivity contribution is 5.94. The third-order valence-corrected chi connectivity index (χ3v) is 3.08. The normalized spacial score (nSPS) is 10.3. The molecule has 0 saturated carbocycles. The summed E-state index contributed by atoms with van der Waals surface area (Å²) in [5.41, 5.74) is 2.44. The molecule has 116 valence electrons. The highest BCUT2D eigenvalue weighted by Gasteiger charge is 2.12. The van der Waals surface area contributed by atoms with E-state index in [0.29, 0.717) is 18.1 Å². The number of aromatic nitrogens is 2. The van der Waals surface area contributed by atoms with Crippen LogP contribution in [-0.2, 0) is 0 Å². The number of carbonyl (C=O) groups excluding carboxylic acids is 1. The molecule has 7 heteroatoms. The molecule has 7 nitrogen and oxygen atoms in total. The van der Waals surface area contributed by atoms with E-state index in [1.54, 1.807) is 6.07 Å². The fraction of sp³-hybridized carbons (Fsp3) is 0.267. The maximum atomic E-state index is 11.6. The highest BCUT2D eigenvalue weighted by atomic mass is 16.5. The first-order valence-corrected chi connectivity index (χ1v) is 6.99. The number of nitrogens with two attached hydrogens (primary N) is 1. The number of hydrogen-bond acceptors (Lipinski definition) is 5. The van der Waals surface area contributed by atoms with Crippen molar-refractivity contribution >= 4 is 5.91 Å². The zero-order chi connectivity index (χ0) is 15.9. The molecule has 2 rings (SSSR count). The van der Waals surface area contributed by atoms with Crippen LogP contribution < -0.4 is 21.6 Å². The van der Waals surface area contributed by atoms with Crippen molar-refractivity contribution in [3.63, 3.8) is 0 Å². The van der Waals surface area contributed by atoms with Crippen LogP contribution >= 0.6 is 0 Å². The van der Waals surface area contributed by atoms with E-state index in [0.717, 1.165) is 18.4 Å². The minimum atomic E-state index is -0.666. The van der Waals surface area contributed by atoms with Crippen molar-refractivity contribution < 1.29 is 9.53 Å². The Morgan fingerprint density at radius 3 is 2.95 bits per heavy atom. The molecule has 0 atom stereocenters. The molecule has 2 aromatic rings. The lowest BCUT2D eigenvalue weighted by Gasteiger charge is -2.07. The van der Waals surface area contributed by atoms with Crippen LogP contribution in [0, 0.1) is 0 Å². The molecule has 0 bridgehead atoms. The van der Waals surface area contributed by atoms with E-state index >= 15 is 0 Å². The van der Waals surface area contributed by atoms with Gasteiger partial charge in [-0.05, 0) is 24.6 Å². The van der Waals surface area contributed by atoms with Crippen molar-refractivity contribution in [3.8, 4) is 17.0 Å². The Morgan fingerprint density at radius 2 is 2.23 bits per heavy atom. The van der Waals surface area contributed by atoms with Gasteiger partial charge in [-0.3, -0.25) is 15.0 Å². The average Bonchev–Trinajstić information content (AvgIpc) is 2.55. The van der Waals surface area contributed by atoms with Crippen LogP contribution in [0.5, 0.6) is 5.75 Å². The fourth-order valence-electron chi connectivity index (χ4n) is 1.88. The molecule has 0 aliphatic carbocycles. The number of amides is 1. The standard InChI is InChI=1S/C15H18N4O3/c1-2-3-7-22-11-6-4-5-10(8-11)13-9-12(14(20)17-16)15(21)19-18-13/h4-6,8-9H,2-3,7,16H2,1H3,(H,17,20)(H,19,21). The summed E-state index contributed by atoms with van der Waals surface area (Å²) in [4.78, 5) is 23.1. The van der Waals surface area contributed by atoms with E-state index in [-0.39, 0.29) is 5.56 Å². The second kappa shape index (κ2) is 7.37. The molecule has 4 N–H and O–H groups in total. The molecule has 1 amide bonds. The molecular formula is C15H18N4O3. The zero-order valence-electron chi connectivity index (χ0n) is 12.3. The first-order chi connectivity index (χ1) is 10.7. The number of nitrogens with one attached hydrogen (secondary N) is 2.